The zero-order chi connectivity index (χ0) is 17.7. The van der Waals surface area contributed by atoms with Gasteiger partial charge in [0.15, 0.2) is 0 Å². The van der Waals surface area contributed by atoms with Crippen LogP contribution in [-0.2, 0) is 4.79 Å². The lowest BCUT2D eigenvalue weighted by atomic mass is 9.97. The average Bonchev–Trinajstić information content (AvgIpc) is 2.77. The van der Waals surface area contributed by atoms with E-state index >= 15 is 0 Å². The van der Waals surface area contributed by atoms with Gasteiger partial charge in [-0.1, -0.05) is 58.5 Å². The van der Waals surface area contributed by atoms with E-state index in [1.54, 1.807) is 6.08 Å². The summed E-state index contributed by atoms with van der Waals surface area (Å²) in [5.41, 5.74) is 0.888. The van der Waals surface area contributed by atoms with Crippen LogP contribution >= 0.6 is 43.6 Å². The lowest BCUT2D eigenvalue weighted by Gasteiger charge is -2.15. The number of halogens is 2. The van der Waals surface area contributed by atoms with Crippen LogP contribution in [0.2, 0.25) is 0 Å². The zero-order valence-electron chi connectivity index (χ0n) is 13.9. The van der Waals surface area contributed by atoms with Gasteiger partial charge in [0.2, 0.25) is 0 Å². The minimum absolute atomic E-state index is 0.162. The van der Waals surface area contributed by atoms with Crippen LogP contribution in [0.25, 0.3) is 6.08 Å². The number of thioether (sulfide) groups is 1. The molecule has 1 heterocycles. The third-order valence-corrected chi connectivity index (χ3v) is 6.03. The summed E-state index contributed by atoms with van der Waals surface area (Å²) in [4.78, 5) is 26.5. The molecule has 1 saturated heterocycles. The second kappa shape index (κ2) is 9.20. The maximum atomic E-state index is 12.5. The van der Waals surface area contributed by atoms with Gasteiger partial charge in [-0.3, -0.25) is 14.5 Å². The van der Waals surface area contributed by atoms with Crippen molar-refractivity contribution in [3.05, 3.63) is 37.6 Å². The number of carbonyl (C=O) groups excluding carboxylic acids is 2. The fraction of sp³-hybridized carbons (Fsp3) is 0.444. The van der Waals surface area contributed by atoms with E-state index in [2.05, 4.69) is 45.7 Å². The molecule has 0 bridgehead atoms. The van der Waals surface area contributed by atoms with Crippen LogP contribution in [0.5, 0.6) is 0 Å². The second-order valence-electron chi connectivity index (χ2n) is 5.86. The Balaban J connectivity index is 2.04. The Morgan fingerprint density at radius 1 is 1.12 bits per heavy atom. The van der Waals surface area contributed by atoms with Crippen LogP contribution < -0.4 is 0 Å². The van der Waals surface area contributed by atoms with Gasteiger partial charge < -0.3 is 0 Å². The molecule has 1 aliphatic heterocycles. The number of hydrogen-bond donors (Lipinski definition) is 0. The summed E-state index contributed by atoms with van der Waals surface area (Å²) in [5, 5.41) is -0.162. The van der Waals surface area contributed by atoms with Gasteiger partial charge in [-0.2, -0.15) is 0 Å². The third-order valence-electron chi connectivity index (χ3n) is 4.21. The zero-order valence-corrected chi connectivity index (χ0v) is 17.8. The Morgan fingerprint density at radius 3 is 2.33 bits per heavy atom. The largest absolute Gasteiger partial charge is 0.293 e. The van der Waals surface area contributed by atoms with E-state index < -0.39 is 0 Å². The highest BCUT2D eigenvalue weighted by atomic mass is 79.9. The molecule has 2 amide bonds. The van der Waals surface area contributed by atoms with Crippen molar-refractivity contribution in [2.24, 2.45) is 5.92 Å². The molecule has 0 spiro atoms. The fourth-order valence-corrected chi connectivity index (χ4v) is 4.93. The first kappa shape index (κ1) is 19.7. The van der Waals surface area contributed by atoms with Crippen LogP contribution in [-0.4, -0.2) is 22.6 Å². The molecular formula is C18H21Br2NO2S. The summed E-state index contributed by atoms with van der Waals surface area (Å²) in [7, 11) is 0. The van der Waals surface area contributed by atoms with Gasteiger partial charge in [-0.25, -0.2) is 0 Å². The van der Waals surface area contributed by atoms with Crippen LogP contribution in [0.4, 0.5) is 4.79 Å². The topological polar surface area (TPSA) is 37.4 Å². The summed E-state index contributed by atoms with van der Waals surface area (Å²) >= 11 is 7.89. The van der Waals surface area contributed by atoms with Crippen molar-refractivity contribution >= 4 is 60.8 Å². The monoisotopic (exact) mass is 473 g/mol. The van der Waals surface area contributed by atoms with Gasteiger partial charge >= 0.3 is 0 Å². The highest BCUT2D eigenvalue weighted by Gasteiger charge is 2.34. The maximum absolute atomic E-state index is 12.5. The number of benzene rings is 1. The molecule has 0 radical (unpaired) electrons. The van der Waals surface area contributed by atoms with Crippen molar-refractivity contribution in [3.63, 3.8) is 0 Å². The van der Waals surface area contributed by atoms with E-state index in [-0.39, 0.29) is 11.1 Å². The van der Waals surface area contributed by atoms with Crippen molar-refractivity contribution in [2.75, 3.05) is 6.54 Å². The average molecular weight is 475 g/mol. The van der Waals surface area contributed by atoms with E-state index in [9.17, 15) is 9.59 Å². The molecular weight excluding hydrogens is 454 g/mol. The quantitative estimate of drug-likeness (QED) is 0.425. The SMILES string of the molecule is CCC(CC)CCCN1C(=O)SC(=Cc2cc(Br)cc(Br)c2)C1=O. The Kier molecular flexibility index (Phi) is 7.57. The smallest absolute Gasteiger partial charge is 0.268 e. The van der Waals surface area contributed by atoms with Gasteiger partial charge in [0.1, 0.15) is 0 Å². The fourth-order valence-electron chi connectivity index (χ4n) is 2.74. The van der Waals surface area contributed by atoms with Gasteiger partial charge in [0.05, 0.1) is 4.91 Å². The molecule has 0 aromatic heterocycles. The van der Waals surface area contributed by atoms with Crippen molar-refractivity contribution < 1.29 is 9.59 Å². The number of carbonyl (C=O) groups is 2. The molecule has 0 saturated carbocycles. The predicted octanol–water partition coefficient (Wildman–Crippen LogP) is 6.46. The van der Waals surface area contributed by atoms with Crippen LogP contribution in [0, 0.1) is 5.92 Å². The van der Waals surface area contributed by atoms with Crippen molar-refractivity contribution in [1.82, 2.24) is 4.90 Å². The van der Waals surface area contributed by atoms with Gasteiger partial charge in [-0.15, -0.1) is 0 Å². The summed E-state index contributed by atoms with van der Waals surface area (Å²) in [6, 6.07) is 5.78. The normalized spacial score (nSPS) is 16.7. The van der Waals surface area contributed by atoms with E-state index in [1.165, 1.54) is 4.90 Å². The molecule has 1 aliphatic rings. The van der Waals surface area contributed by atoms with Crippen LogP contribution in [0.1, 0.15) is 45.1 Å². The van der Waals surface area contributed by atoms with E-state index in [4.69, 9.17) is 0 Å². The van der Waals surface area contributed by atoms with Crippen molar-refractivity contribution in [3.8, 4) is 0 Å². The first-order valence-electron chi connectivity index (χ1n) is 8.16. The Morgan fingerprint density at radius 2 is 1.75 bits per heavy atom. The molecule has 0 atom stereocenters. The number of imide groups is 1. The highest BCUT2D eigenvalue weighted by Crippen LogP contribution is 2.33. The minimum Gasteiger partial charge on any atom is -0.268 e. The molecule has 24 heavy (non-hydrogen) atoms. The summed E-state index contributed by atoms with van der Waals surface area (Å²) < 4.78 is 1.85. The summed E-state index contributed by atoms with van der Waals surface area (Å²) in [6.07, 6.45) is 6.01. The van der Waals surface area contributed by atoms with Gasteiger partial charge in [0.25, 0.3) is 11.1 Å². The highest BCUT2D eigenvalue weighted by molar-refractivity contribution is 9.11. The molecule has 0 aliphatic carbocycles. The minimum atomic E-state index is -0.175. The number of rotatable bonds is 7. The van der Waals surface area contributed by atoms with Crippen molar-refractivity contribution in [1.29, 1.82) is 0 Å². The van der Waals surface area contributed by atoms with Crippen LogP contribution in [0.15, 0.2) is 32.0 Å². The molecule has 130 valence electrons. The molecule has 3 nitrogen and oxygen atoms in total. The lowest BCUT2D eigenvalue weighted by Crippen LogP contribution is -2.29. The summed E-state index contributed by atoms with van der Waals surface area (Å²) in [5.74, 6) is 0.505. The Bertz CT molecular complexity index is 636. The molecule has 0 unspecified atom stereocenters. The Labute approximate surface area is 164 Å². The second-order valence-corrected chi connectivity index (χ2v) is 8.69. The van der Waals surface area contributed by atoms with Crippen LogP contribution in [0.3, 0.4) is 0 Å². The first-order valence-corrected chi connectivity index (χ1v) is 10.6. The van der Waals surface area contributed by atoms with Gasteiger partial charge in [-0.05, 0) is 60.4 Å². The number of nitrogens with zero attached hydrogens (tertiary/aromatic N) is 1. The molecule has 1 fully saturated rings. The molecule has 2 rings (SSSR count). The molecule has 1 aromatic carbocycles. The Hall–Kier alpha value is -0.590. The van der Waals surface area contributed by atoms with E-state index in [0.717, 1.165) is 52.0 Å². The standard InChI is InChI=1S/C18H21Br2NO2S/c1-3-12(4-2)6-5-7-21-17(22)16(24-18(21)23)10-13-8-14(19)11-15(20)9-13/h8-12H,3-7H2,1-2H3. The number of hydrogen-bond acceptors (Lipinski definition) is 3. The first-order chi connectivity index (χ1) is 11.4. The van der Waals surface area contributed by atoms with Crippen molar-refractivity contribution in [2.45, 2.75) is 39.5 Å². The molecule has 0 N–H and O–H groups in total. The van der Waals surface area contributed by atoms with E-state index in [1.807, 2.05) is 18.2 Å². The van der Waals surface area contributed by atoms with E-state index in [0.29, 0.717) is 17.4 Å². The lowest BCUT2D eigenvalue weighted by molar-refractivity contribution is -0.122. The summed E-state index contributed by atoms with van der Waals surface area (Å²) in [6.45, 7) is 4.89. The predicted molar refractivity (Wildman–Crippen MR) is 108 cm³/mol. The third kappa shape index (κ3) is 5.20. The molecule has 6 heteroatoms. The van der Waals surface area contributed by atoms with Gasteiger partial charge in [0, 0.05) is 15.5 Å². The molecule has 1 aromatic rings. The maximum Gasteiger partial charge on any atom is 0.293 e. The number of amides is 2.